The van der Waals surface area contributed by atoms with E-state index in [-0.39, 0.29) is 11.1 Å². The van der Waals surface area contributed by atoms with Crippen molar-refractivity contribution in [2.75, 3.05) is 0 Å². The zero-order valence-electron chi connectivity index (χ0n) is 9.21. The van der Waals surface area contributed by atoms with Gasteiger partial charge >= 0.3 is 0 Å². The molecule has 86 valence electrons. The first kappa shape index (κ1) is 10.4. The molecule has 0 saturated heterocycles. The third kappa shape index (κ3) is 1.44. The number of carbonyl (C=O) groups excluding carboxylic acids is 1. The van der Waals surface area contributed by atoms with Gasteiger partial charge in [-0.15, -0.1) is 0 Å². The monoisotopic (exact) mass is 237 g/mol. The van der Waals surface area contributed by atoms with Crippen LogP contribution in [0.5, 0.6) is 0 Å². The molecule has 0 aliphatic heterocycles. The largest absolute Gasteiger partial charge is 0.456 e. The van der Waals surface area contributed by atoms with Crippen LogP contribution in [0.2, 0.25) is 0 Å². The molecule has 2 aromatic carbocycles. The number of rotatable bonds is 1. The van der Waals surface area contributed by atoms with Crippen LogP contribution < -0.4 is 5.43 Å². The first-order valence-corrected chi connectivity index (χ1v) is 5.34. The molecular weight excluding hydrogens is 230 g/mol. The van der Waals surface area contributed by atoms with Crippen molar-refractivity contribution in [3.63, 3.8) is 0 Å². The van der Waals surface area contributed by atoms with Gasteiger partial charge in [-0.1, -0.05) is 18.2 Å². The Kier molecular flexibility index (Phi) is 2.29. The summed E-state index contributed by atoms with van der Waals surface area (Å²) in [6.07, 6.45) is 1.45. The van der Waals surface area contributed by atoms with Gasteiger partial charge in [0.25, 0.3) is 0 Å². The summed E-state index contributed by atoms with van der Waals surface area (Å²) in [5, 5.41) is 0.776. The fourth-order valence-corrected chi connectivity index (χ4v) is 1.97. The van der Waals surface area contributed by atoms with Gasteiger partial charge in [-0.05, 0) is 24.3 Å². The first-order chi connectivity index (χ1) is 8.81. The molecule has 0 fully saturated rings. The highest BCUT2D eigenvalue weighted by atomic mass is 16.3. The van der Waals surface area contributed by atoms with E-state index in [1.807, 2.05) is 0 Å². The normalized spacial score (nSPS) is 10.4. The summed E-state index contributed by atoms with van der Waals surface area (Å²) in [4.78, 5) is 26.2. The van der Waals surface area contributed by atoms with Gasteiger partial charge in [-0.2, -0.15) is 4.99 Å². The third-order valence-electron chi connectivity index (χ3n) is 2.75. The maximum atomic E-state index is 12.3. The average molecular weight is 237 g/mol. The highest BCUT2D eigenvalue weighted by Crippen LogP contribution is 2.25. The molecule has 4 nitrogen and oxygen atoms in total. The van der Waals surface area contributed by atoms with E-state index in [0.717, 1.165) is 0 Å². The second kappa shape index (κ2) is 3.95. The van der Waals surface area contributed by atoms with Crippen molar-refractivity contribution < 1.29 is 9.21 Å². The highest BCUT2D eigenvalue weighted by molar-refractivity contribution is 5.96. The van der Waals surface area contributed by atoms with Crippen molar-refractivity contribution in [1.29, 1.82) is 0 Å². The Labute approximate surface area is 101 Å². The van der Waals surface area contributed by atoms with Crippen molar-refractivity contribution in [2.24, 2.45) is 4.99 Å². The zero-order valence-corrected chi connectivity index (χ0v) is 9.21. The van der Waals surface area contributed by atoms with Gasteiger partial charge in [0, 0.05) is 0 Å². The average Bonchev–Trinajstić information content (AvgIpc) is 2.39. The molecule has 0 aliphatic carbocycles. The van der Waals surface area contributed by atoms with E-state index in [4.69, 9.17) is 4.42 Å². The molecule has 0 aliphatic rings. The summed E-state index contributed by atoms with van der Waals surface area (Å²) in [5.41, 5.74) is 1.01. The molecule has 18 heavy (non-hydrogen) atoms. The van der Waals surface area contributed by atoms with Gasteiger partial charge in [0.2, 0.25) is 11.5 Å². The first-order valence-electron chi connectivity index (χ1n) is 5.34. The fourth-order valence-electron chi connectivity index (χ4n) is 1.97. The molecule has 0 saturated carbocycles. The number of para-hydroxylation sites is 1. The minimum Gasteiger partial charge on any atom is -0.456 e. The van der Waals surface area contributed by atoms with Crippen LogP contribution >= 0.6 is 0 Å². The standard InChI is InChI=1S/C14H7NO3/c16-8-15-10-5-3-7-12-13(10)14(17)9-4-1-2-6-11(9)18-12/h1-7H. The lowest BCUT2D eigenvalue weighted by molar-refractivity contribution is 0.565. The Hall–Kier alpha value is -2.71. The number of hydrogen-bond donors (Lipinski definition) is 0. The molecular formula is C14H7NO3. The van der Waals surface area contributed by atoms with Gasteiger partial charge in [0.15, 0.2) is 0 Å². The molecule has 3 aromatic rings. The van der Waals surface area contributed by atoms with Gasteiger partial charge in [-0.3, -0.25) is 4.79 Å². The lowest BCUT2D eigenvalue weighted by Crippen LogP contribution is -2.01. The topological polar surface area (TPSA) is 59.6 Å². The van der Waals surface area contributed by atoms with E-state index in [0.29, 0.717) is 21.9 Å². The zero-order chi connectivity index (χ0) is 12.5. The number of fused-ring (bicyclic) bond motifs is 2. The van der Waals surface area contributed by atoms with Gasteiger partial charge in [0.05, 0.1) is 16.5 Å². The Balaban J connectivity index is 2.61. The molecule has 0 atom stereocenters. The molecule has 0 radical (unpaired) electrons. The van der Waals surface area contributed by atoms with E-state index in [2.05, 4.69) is 4.99 Å². The summed E-state index contributed by atoms with van der Waals surface area (Å²) in [6, 6.07) is 11.9. The summed E-state index contributed by atoms with van der Waals surface area (Å²) >= 11 is 0. The van der Waals surface area contributed by atoms with E-state index >= 15 is 0 Å². The fraction of sp³-hybridized carbons (Fsp3) is 0. The number of nitrogens with zero attached hydrogens (tertiary/aromatic N) is 1. The maximum absolute atomic E-state index is 12.3. The number of isocyanates is 1. The number of aliphatic imine (C=N–C) groups is 1. The molecule has 1 heterocycles. The third-order valence-corrected chi connectivity index (χ3v) is 2.75. The maximum Gasteiger partial charge on any atom is 0.240 e. The van der Waals surface area contributed by atoms with Crippen LogP contribution in [-0.2, 0) is 4.79 Å². The Bertz CT molecular complexity index is 858. The van der Waals surface area contributed by atoms with Crippen LogP contribution in [-0.4, -0.2) is 6.08 Å². The quantitative estimate of drug-likeness (QED) is 0.371. The van der Waals surface area contributed by atoms with Crippen LogP contribution in [0, 0.1) is 0 Å². The van der Waals surface area contributed by atoms with Gasteiger partial charge in [-0.25, -0.2) is 4.79 Å². The molecule has 0 N–H and O–H groups in total. The Morgan fingerprint density at radius 1 is 1.00 bits per heavy atom. The molecule has 0 unspecified atom stereocenters. The second-order valence-corrected chi connectivity index (χ2v) is 3.78. The van der Waals surface area contributed by atoms with E-state index in [1.54, 1.807) is 42.5 Å². The molecule has 3 rings (SSSR count). The summed E-state index contributed by atoms with van der Waals surface area (Å²) in [5.74, 6) is 0. The lowest BCUT2D eigenvalue weighted by atomic mass is 10.1. The Morgan fingerprint density at radius 3 is 2.61 bits per heavy atom. The van der Waals surface area contributed by atoms with Crippen LogP contribution in [0.25, 0.3) is 21.9 Å². The Morgan fingerprint density at radius 2 is 1.78 bits per heavy atom. The summed E-state index contributed by atoms with van der Waals surface area (Å²) in [6.45, 7) is 0. The molecule has 4 heteroatoms. The summed E-state index contributed by atoms with van der Waals surface area (Å²) in [7, 11) is 0. The van der Waals surface area contributed by atoms with E-state index in [9.17, 15) is 9.59 Å². The van der Waals surface area contributed by atoms with Gasteiger partial charge in [0.1, 0.15) is 11.2 Å². The van der Waals surface area contributed by atoms with E-state index in [1.165, 1.54) is 6.08 Å². The van der Waals surface area contributed by atoms with Crippen molar-refractivity contribution in [3.05, 3.63) is 52.7 Å². The predicted molar refractivity (Wildman–Crippen MR) is 67.8 cm³/mol. The molecule has 1 aromatic heterocycles. The smallest absolute Gasteiger partial charge is 0.240 e. The van der Waals surface area contributed by atoms with E-state index < -0.39 is 0 Å². The lowest BCUT2D eigenvalue weighted by Gasteiger charge is -2.02. The molecule has 0 bridgehead atoms. The SMILES string of the molecule is O=C=Nc1cccc2oc3ccccc3c(=O)c12. The highest BCUT2D eigenvalue weighted by Gasteiger charge is 2.10. The number of benzene rings is 2. The van der Waals surface area contributed by atoms with Crippen LogP contribution in [0.3, 0.4) is 0 Å². The minimum atomic E-state index is -0.193. The predicted octanol–water partition coefficient (Wildman–Crippen LogP) is 2.91. The minimum absolute atomic E-state index is 0.193. The summed E-state index contributed by atoms with van der Waals surface area (Å²) < 4.78 is 5.62. The van der Waals surface area contributed by atoms with Crippen LogP contribution in [0.4, 0.5) is 5.69 Å². The molecule has 0 spiro atoms. The van der Waals surface area contributed by atoms with Crippen molar-refractivity contribution in [1.82, 2.24) is 0 Å². The van der Waals surface area contributed by atoms with Crippen molar-refractivity contribution in [3.8, 4) is 0 Å². The van der Waals surface area contributed by atoms with Crippen molar-refractivity contribution in [2.45, 2.75) is 0 Å². The van der Waals surface area contributed by atoms with Crippen molar-refractivity contribution >= 4 is 33.7 Å². The van der Waals surface area contributed by atoms with Crippen LogP contribution in [0.15, 0.2) is 56.7 Å². The second-order valence-electron chi connectivity index (χ2n) is 3.78. The van der Waals surface area contributed by atoms with Crippen LogP contribution in [0.1, 0.15) is 0 Å². The van der Waals surface area contributed by atoms with Gasteiger partial charge < -0.3 is 4.42 Å². The number of hydrogen-bond acceptors (Lipinski definition) is 4. The molecule has 0 amide bonds.